The number of nitrogens with zero attached hydrogens (tertiary/aromatic N) is 1. The summed E-state index contributed by atoms with van der Waals surface area (Å²) in [5, 5.41) is 2.14. The number of allylic oxidation sites excluding steroid dienone is 1. The second-order valence-electron chi connectivity index (χ2n) is 2.04. The van der Waals surface area contributed by atoms with Gasteiger partial charge < -0.3 is 5.32 Å². The van der Waals surface area contributed by atoms with Crippen molar-refractivity contribution in [2.75, 3.05) is 0 Å². The first-order valence-electron chi connectivity index (χ1n) is 2.93. The van der Waals surface area contributed by atoms with Gasteiger partial charge in [0.2, 0.25) is 0 Å². The lowest BCUT2D eigenvalue weighted by atomic mass is 10.4. The van der Waals surface area contributed by atoms with Crippen molar-refractivity contribution in [2.24, 2.45) is 4.99 Å². The molecule has 0 bridgehead atoms. The Morgan fingerprint density at radius 1 is 1.90 bits per heavy atom. The van der Waals surface area contributed by atoms with E-state index in [0.717, 1.165) is 5.70 Å². The number of thiol groups is 1. The lowest BCUT2D eigenvalue weighted by molar-refractivity contribution is 0.264. The molecule has 0 saturated heterocycles. The summed E-state index contributed by atoms with van der Waals surface area (Å²) in [6.45, 7) is 1.89. The van der Waals surface area contributed by atoms with E-state index >= 15 is 0 Å². The fourth-order valence-electron chi connectivity index (χ4n) is 0.751. The van der Waals surface area contributed by atoms with Gasteiger partial charge in [-0.2, -0.15) is 0 Å². The summed E-state index contributed by atoms with van der Waals surface area (Å²) in [7, 11) is 0. The number of carbonyl (C=O) groups is 1. The second kappa shape index (κ2) is 2.88. The molecule has 0 unspecified atom stereocenters. The molecule has 1 amide bonds. The van der Waals surface area contributed by atoms with Crippen LogP contribution in [0, 0.1) is 0 Å². The first kappa shape index (κ1) is 7.34. The molecule has 0 atom stereocenters. The van der Waals surface area contributed by atoms with E-state index in [1.165, 1.54) is 0 Å². The summed E-state index contributed by atoms with van der Waals surface area (Å²) in [6.07, 6.45) is 2.65. The van der Waals surface area contributed by atoms with Gasteiger partial charge in [-0.05, 0) is 6.92 Å². The third-order valence-corrected chi connectivity index (χ3v) is 1.27. The monoisotopic (exact) mass is 156 g/mol. The average Bonchev–Trinajstić information content (AvgIpc) is 2.13. The van der Waals surface area contributed by atoms with Crippen LogP contribution >= 0.6 is 12.6 Å². The van der Waals surface area contributed by atoms with Gasteiger partial charge in [0.25, 0.3) is 5.24 Å². The maximum absolute atomic E-state index is 10.4. The maximum atomic E-state index is 10.4. The van der Waals surface area contributed by atoms with Crippen molar-refractivity contribution >= 4 is 23.7 Å². The third-order valence-electron chi connectivity index (χ3n) is 1.15. The van der Waals surface area contributed by atoms with Crippen LogP contribution in [0.2, 0.25) is 0 Å². The average molecular weight is 156 g/mol. The fraction of sp³-hybridized carbons (Fsp3) is 0.333. The number of aliphatic imine (C=N–C) groups is 1. The molecule has 0 fully saturated rings. The van der Waals surface area contributed by atoms with E-state index in [0.29, 0.717) is 12.3 Å². The van der Waals surface area contributed by atoms with E-state index in [1.54, 1.807) is 0 Å². The third kappa shape index (κ3) is 1.88. The predicted octanol–water partition coefficient (Wildman–Crippen LogP) is 1.33. The lowest BCUT2D eigenvalue weighted by Crippen LogP contribution is -2.23. The molecule has 1 N–H and O–H groups in total. The molecule has 10 heavy (non-hydrogen) atoms. The summed E-state index contributed by atoms with van der Waals surface area (Å²) >= 11 is 3.55. The minimum atomic E-state index is -0.359. The zero-order valence-electron chi connectivity index (χ0n) is 5.59. The molecule has 1 heterocycles. The van der Waals surface area contributed by atoms with Crippen LogP contribution in [0.4, 0.5) is 4.79 Å². The molecule has 4 heteroatoms. The van der Waals surface area contributed by atoms with Gasteiger partial charge in [-0.15, -0.1) is 0 Å². The zero-order chi connectivity index (χ0) is 7.56. The Morgan fingerprint density at radius 3 is 3.00 bits per heavy atom. The minimum absolute atomic E-state index is 0.359. The molecule has 0 aromatic heterocycles. The normalized spacial score (nSPS) is 16.2. The Morgan fingerprint density at radius 2 is 2.60 bits per heavy atom. The van der Waals surface area contributed by atoms with E-state index < -0.39 is 0 Å². The Hall–Kier alpha value is -0.770. The molecule has 0 aliphatic carbocycles. The second-order valence-corrected chi connectivity index (χ2v) is 2.44. The molecule has 0 aromatic carbocycles. The number of amides is 1. The summed E-state index contributed by atoms with van der Waals surface area (Å²) in [5.74, 6) is 0.678. The number of carbonyl (C=O) groups excluding carboxylic acids is 1. The number of nitrogens with one attached hydrogen (secondary N) is 1. The van der Waals surface area contributed by atoms with Gasteiger partial charge in [-0.1, -0.05) is 18.7 Å². The molecule has 1 aliphatic rings. The highest BCUT2D eigenvalue weighted by molar-refractivity contribution is 7.96. The van der Waals surface area contributed by atoms with Crippen molar-refractivity contribution in [1.82, 2.24) is 5.32 Å². The number of rotatable bonds is 0. The van der Waals surface area contributed by atoms with Crippen LogP contribution in [-0.2, 0) is 0 Å². The van der Waals surface area contributed by atoms with Crippen molar-refractivity contribution in [2.45, 2.75) is 13.3 Å². The first-order chi connectivity index (χ1) is 4.68. The summed E-state index contributed by atoms with van der Waals surface area (Å²) in [6, 6.07) is 0. The molecule has 1 aliphatic heterocycles. The van der Waals surface area contributed by atoms with Crippen molar-refractivity contribution < 1.29 is 4.79 Å². The highest BCUT2D eigenvalue weighted by Crippen LogP contribution is 2.06. The van der Waals surface area contributed by atoms with Crippen LogP contribution in [-0.4, -0.2) is 11.1 Å². The van der Waals surface area contributed by atoms with Crippen LogP contribution in [0.5, 0.6) is 0 Å². The number of amidine groups is 1. The Kier molecular flexibility index (Phi) is 2.11. The molecule has 0 aromatic rings. The molecule has 3 nitrogen and oxygen atoms in total. The number of hydrogen-bond donors (Lipinski definition) is 2. The van der Waals surface area contributed by atoms with Crippen molar-refractivity contribution in [3.63, 3.8) is 0 Å². The van der Waals surface area contributed by atoms with Crippen molar-refractivity contribution in [3.05, 3.63) is 11.8 Å². The van der Waals surface area contributed by atoms with Crippen LogP contribution in [0.1, 0.15) is 13.3 Å². The lowest BCUT2D eigenvalue weighted by Gasteiger charge is -1.96. The van der Waals surface area contributed by atoms with Crippen molar-refractivity contribution in [3.8, 4) is 0 Å². The molecular formula is C6H8N2OS. The summed E-state index contributed by atoms with van der Waals surface area (Å²) in [4.78, 5) is 14.4. The van der Waals surface area contributed by atoms with Gasteiger partial charge >= 0.3 is 0 Å². The number of hydrogen-bond acceptors (Lipinski definition) is 2. The zero-order valence-corrected chi connectivity index (χ0v) is 6.48. The standard InChI is InChI=1S/C6H8N2OS/c1-4-2-3-5(7-4)8-6(9)10/h2H,3H2,1H3,(H2,7,8,9,10). The largest absolute Gasteiger partial charge is 0.305 e. The molecule has 0 saturated carbocycles. The van der Waals surface area contributed by atoms with Gasteiger partial charge in [0.05, 0.1) is 0 Å². The van der Waals surface area contributed by atoms with Gasteiger partial charge in [0, 0.05) is 12.1 Å². The van der Waals surface area contributed by atoms with Crippen LogP contribution in [0.3, 0.4) is 0 Å². The summed E-state index contributed by atoms with van der Waals surface area (Å²) < 4.78 is 0. The minimum Gasteiger partial charge on any atom is -0.305 e. The van der Waals surface area contributed by atoms with E-state index in [2.05, 4.69) is 22.9 Å². The van der Waals surface area contributed by atoms with E-state index in [9.17, 15) is 4.79 Å². The van der Waals surface area contributed by atoms with Crippen molar-refractivity contribution in [1.29, 1.82) is 0 Å². The molecular weight excluding hydrogens is 148 g/mol. The van der Waals surface area contributed by atoms with Gasteiger partial charge in [-0.3, -0.25) is 4.79 Å². The highest BCUT2D eigenvalue weighted by atomic mass is 32.1. The van der Waals surface area contributed by atoms with Crippen LogP contribution in [0.25, 0.3) is 0 Å². The molecule has 54 valence electrons. The topological polar surface area (TPSA) is 41.5 Å². The van der Waals surface area contributed by atoms with E-state index in [-0.39, 0.29) is 5.24 Å². The van der Waals surface area contributed by atoms with Gasteiger partial charge in [-0.25, -0.2) is 4.99 Å². The molecule has 0 spiro atoms. The predicted molar refractivity (Wildman–Crippen MR) is 43.3 cm³/mol. The van der Waals surface area contributed by atoms with E-state index in [4.69, 9.17) is 0 Å². The summed E-state index contributed by atoms with van der Waals surface area (Å²) in [5.41, 5.74) is 0.942. The fourth-order valence-corrected chi connectivity index (χ4v) is 0.880. The highest BCUT2D eigenvalue weighted by Gasteiger charge is 2.05. The maximum Gasteiger partial charge on any atom is 0.281 e. The first-order valence-corrected chi connectivity index (χ1v) is 3.37. The van der Waals surface area contributed by atoms with Gasteiger partial charge in [0.15, 0.2) is 0 Å². The van der Waals surface area contributed by atoms with Crippen LogP contribution in [0.15, 0.2) is 16.8 Å². The van der Waals surface area contributed by atoms with Gasteiger partial charge in [0.1, 0.15) is 5.84 Å². The quantitative estimate of drug-likeness (QED) is 0.510. The smallest absolute Gasteiger partial charge is 0.281 e. The molecule has 1 rings (SSSR count). The van der Waals surface area contributed by atoms with Crippen LogP contribution < -0.4 is 5.32 Å². The molecule has 0 radical (unpaired) electrons. The Balaban J connectivity index is 2.48. The Labute approximate surface area is 64.6 Å². The Bertz CT molecular complexity index is 220. The van der Waals surface area contributed by atoms with E-state index in [1.807, 2.05) is 13.0 Å². The SMILES string of the molecule is CC1=CCC(NC(=O)S)=N1.